The molecular formula is C18H14F3N3O3. The zero-order chi connectivity index (χ0) is 19.6. The van der Waals surface area contributed by atoms with Crippen LogP contribution in [0.4, 0.5) is 13.2 Å². The molecule has 0 aliphatic carbocycles. The molecule has 0 saturated heterocycles. The predicted octanol–water partition coefficient (Wildman–Crippen LogP) is 2.76. The number of hydrogen-bond acceptors (Lipinski definition) is 4. The molecule has 1 aromatic heterocycles. The fourth-order valence-electron chi connectivity index (χ4n) is 2.58. The van der Waals surface area contributed by atoms with Gasteiger partial charge in [-0.15, -0.1) is 13.2 Å². The Balaban J connectivity index is 1.76. The number of fused-ring (bicyclic) bond motifs is 1. The Labute approximate surface area is 151 Å². The largest absolute Gasteiger partial charge is 0.573 e. The number of benzene rings is 2. The number of aryl methyl sites for hydroxylation is 1. The van der Waals surface area contributed by atoms with Crippen molar-refractivity contribution in [2.24, 2.45) is 7.05 Å². The maximum atomic E-state index is 12.2. The zero-order valence-corrected chi connectivity index (χ0v) is 14.1. The quantitative estimate of drug-likeness (QED) is 0.759. The molecule has 0 aliphatic heterocycles. The van der Waals surface area contributed by atoms with Crippen LogP contribution in [-0.2, 0) is 13.6 Å². The van der Waals surface area contributed by atoms with E-state index < -0.39 is 18.0 Å². The summed E-state index contributed by atoms with van der Waals surface area (Å²) in [7, 11) is 1.51. The molecule has 1 amide bonds. The molecule has 2 aromatic carbocycles. The van der Waals surface area contributed by atoms with Crippen molar-refractivity contribution in [2.45, 2.75) is 12.9 Å². The summed E-state index contributed by atoms with van der Waals surface area (Å²) in [5.74, 6) is -0.905. The van der Waals surface area contributed by atoms with E-state index in [9.17, 15) is 22.8 Å². The van der Waals surface area contributed by atoms with Gasteiger partial charge in [0.15, 0.2) is 0 Å². The van der Waals surface area contributed by atoms with Crippen molar-refractivity contribution in [2.75, 3.05) is 0 Å². The maximum Gasteiger partial charge on any atom is 0.573 e. The van der Waals surface area contributed by atoms with E-state index in [1.165, 1.54) is 23.9 Å². The number of carbonyl (C=O) groups excluding carboxylic acids is 1. The van der Waals surface area contributed by atoms with Crippen molar-refractivity contribution in [3.05, 3.63) is 70.1 Å². The highest BCUT2D eigenvalue weighted by molar-refractivity contribution is 5.94. The lowest BCUT2D eigenvalue weighted by Gasteiger charge is -2.11. The molecule has 1 N–H and O–H groups in total. The van der Waals surface area contributed by atoms with Gasteiger partial charge in [-0.1, -0.05) is 18.2 Å². The van der Waals surface area contributed by atoms with Crippen LogP contribution in [-0.4, -0.2) is 22.1 Å². The van der Waals surface area contributed by atoms with Crippen LogP contribution < -0.4 is 15.6 Å². The molecule has 3 aromatic rings. The van der Waals surface area contributed by atoms with E-state index in [0.717, 1.165) is 12.1 Å². The first-order valence-corrected chi connectivity index (χ1v) is 7.83. The third-order valence-corrected chi connectivity index (χ3v) is 3.80. The van der Waals surface area contributed by atoms with Gasteiger partial charge in [0, 0.05) is 18.0 Å². The number of rotatable bonds is 4. The molecule has 0 unspecified atom stereocenters. The molecule has 27 heavy (non-hydrogen) atoms. The van der Waals surface area contributed by atoms with Crippen LogP contribution in [0, 0.1) is 0 Å². The molecule has 140 valence electrons. The van der Waals surface area contributed by atoms with E-state index in [1.807, 2.05) is 0 Å². The second-order valence-electron chi connectivity index (χ2n) is 5.68. The second-order valence-corrected chi connectivity index (χ2v) is 5.68. The Bertz CT molecular complexity index is 1040. The molecule has 0 saturated carbocycles. The van der Waals surface area contributed by atoms with E-state index in [2.05, 4.69) is 15.2 Å². The smallest absolute Gasteiger partial charge is 0.406 e. The summed E-state index contributed by atoms with van der Waals surface area (Å²) in [6.07, 6.45) is -4.79. The van der Waals surface area contributed by atoms with Crippen LogP contribution in [0.5, 0.6) is 5.75 Å². The summed E-state index contributed by atoms with van der Waals surface area (Å²) in [5, 5.41) is 7.91. The second kappa shape index (κ2) is 7.10. The van der Waals surface area contributed by atoms with Crippen molar-refractivity contribution in [3.8, 4) is 5.75 Å². The molecule has 0 atom stereocenters. The van der Waals surface area contributed by atoms with Gasteiger partial charge in [0.2, 0.25) is 0 Å². The van der Waals surface area contributed by atoms with Crippen molar-refractivity contribution >= 4 is 16.7 Å². The molecule has 0 fully saturated rings. The molecule has 9 heteroatoms. The van der Waals surface area contributed by atoms with E-state index in [1.54, 1.807) is 24.3 Å². The first-order chi connectivity index (χ1) is 12.7. The summed E-state index contributed by atoms with van der Waals surface area (Å²) in [6, 6.07) is 11.5. The third-order valence-electron chi connectivity index (χ3n) is 3.80. The summed E-state index contributed by atoms with van der Waals surface area (Å²) in [6.45, 7) is 0.0499. The Morgan fingerprint density at radius 2 is 1.74 bits per heavy atom. The first-order valence-electron chi connectivity index (χ1n) is 7.83. The minimum atomic E-state index is -4.79. The van der Waals surface area contributed by atoms with Crippen LogP contribution in [0.25, 0.3) is 10.8 Å². The average molecular weight is 377 g/mol. The van der Waals surface area contributed by atoms with Crippen molar-refractivity contribution in [3.63, 3.8) is 0 Å². The SMILES string of the molecule is Cn1nc(CNC(=O)c2ccc(OC(F)(F)F)cc2)c2ccccc2c1=O. The van der Waals surface area contributed by atoms with Crippen molar-refractivity contribution < 1.29 is 22.7 Å². The number of amides is 1. The number of carbonyl (C=O) groups is 1. The summed E-state index contributed by atoms with van der Waals surface area (Å²) < 4.78 is 41.4. The van der Waals surface area contributed by atoms with Crippen molar-refractivity contribution in [1.29, 1.82) is 0 Å². The third kappa shape index (κ3) is 4.25. The molecule has 0 radical (unpaired) electrons. The number of halogens is 3. The maximum absolute atomic E-state index is 12.2. The number of alkyl halides is 3. The highest BCUT2D eigenvalue weighted by Gasteiger charge is 2.31. The van der Waals surface area contributed by atoms with Gasteiger partial charge in [0.25, 0.3) is 11.5 Å². The summed E-state index contributed by atoms with van der Waals surface area (Å²) in [5.41, 5.74) is 0.414. The number of aromatic nitrogens is 2. The lowest BCUT2D eigenvalue weighted by Crippen LogP contribution is -2.27. The molecule has 6 nitrogen and oxygen atoms in total. The van der Waals surface area contributed by atoms with E-state index in [-0.39, 0.29) is 17.7 Å². The predicted molar refractivity (Wildman–Crippen MR) is 91.3 cm³/mol. The molecule has 1 heterocycles. The average Bonchev–Trinajstić information content (AvgIpc) is 2.62. The molecule has 0 spiro atoms. The lowest BCUT2D eigenvalue weighted by molar-refractivity contribution is -0.274. The Morgan fingerprint density at radius 3 is 2.37 bits per heavy atom. The Morgan fingerprint density at radius 1 is 1.11 bits per heavy atom. The van der Waals surface area contributed by atoms with Crippen LogP contribution in [0.1, 0.15) is 16.1 Å². The fourth-order valence-corrected chi connectivity index (χ4v) is 2.58. The molecule has 0 bridgehead atoms. The van der Waals surface area contributed by atoms with Crippen LogP contribution >= 0.6 is 0 Å². The highest BCUT2D eigenvalue weighted by atomic mass is 19.4. The van der Waals surface area contributed by atoms with Crippen molar-refractivity contribution in [1.82, 2.24) is 15.1 Å². The van der Waals surface area contributed by atoms with Gasteiger partial charge in [0.05, 0.1) is 17.6 Å². The minimum absolute atomic E-state index is 0.0499. The number of hydrogen-bond donors (Lipinski definition) is 1. The summed E-state index contributed by atoms with van der Waals surface area (Å²) in [4.78, 5) is 24.3. The first kappa shape index (κ1) is 18.4. The van der Waals surface area contributed by atoms with E-state index >= 15 is 0 Å². The van der Waals surface area contributed by atoms with Crippen LogP contribution in [0.2, 0.25) is 0 Å². The standard InChI is InChI=1S/C18H14F3N3O3/c1-24-17(26)14-5-3-2-4-13(14)15(23-24)10-22-16(25)11-6-8-12(9-7-11)27-18(19,20)21/h2-9H,10H2,1H3,(H,22,25). The van der Waals surface area contributed by atoms with Gasteiger partial charge in [-0.25, -0.2) is 4.68 Å². The van der Waals surface area contributed by atoms with Gasteiger partial charge in [-0.3, -0.25) is 9.59 Å². The van der Waals surface area contributed by atoms with Gasteiger partial charge < -0.3 is 10.1 Å². The Hall–Kier alpha value is -3.36. The van der Waals surface area contributed by atoms with Gasteiger partial charge >= 0.3 is 6.36 Å². The number of nitrogens with one attached hydrogen (secondary N) is 1. The lowest BCUT2D eigenvalue weighted by atomic mass is 10.1. The fraction of sp³-hybridized carbons (Fsp3) is 0.167. The zero-order valence-electron chi connectivity index (χ0n) is 14.1. The number of nitrogens with zero attached hydrogens (tertiary/aromatic N) is 2. The van der Waals surface area contributed by atoms with Gasteiger partial charge in [0.1, 0.15) is 5.75 Å². The highest BCUT2D eigenvalue weighted by Crippen LogP contribution is 2.22. The minimum Gasteiger partial charge on any atom is -0.406 e. The molecular weight excluding hydrogens is 363 g/mol. The molecule has 0 aliphatic rings. The van der Waals surface area contributed by atoms with Gasteiger partial charge in [-0.05, 0) is 30.3 Å². The van der Waals surface area contributed by atoms with E-state index in [4.69, 9.17) is 0 Å². The Kier molecular flexibility index (Phi) is 4.85. The topological polar surface area (TPSA) is 73.2 Å². The monoisotopic (exact) mass is 377 g/mol. The van der Waals surface area contributed by atoms with Crippen LogP contribution in [0.3, 0.4) is 0 Å². The summed E-state index contributed by atoms with van der Waals surface area (Å²) >= 11 is 0. The normalized spacial score (nSPS) is 11.4. The van der Waals surface area contributed by atoms with Gasteiger partial charge in [-0.2, -0.15) is 5.10 Å². The molecule has 3 rings (SSSR count). The van der Waals surface area contributed by atoms with Crippen LogP contribution in [0.15, 0.2) is 53.3 Å². The van der Waals surface area contributed by atoms with E-state index in [0.29, 0.717) is 16.5 Å². The number of ether oxygens (including phenoxy) is 1.